The van der Waals surface area contributed by atoms with Crippen LogP contribution in [0, 0.1) is 0 Å². The second kappa shape index (κ2) is 7.96. The van der Waals surface area contributed by atoms with E-state index >= 15 is 0 Å². The molecule has 0 atom stereocenters. The maximum Gasteiger partial charge on any atom is 0.364 e. The van der Waals surface area contributed by atoms with Gasteiger partial charge in [0.15, 0.2) is 0 Å². The van der Waals surface area contributed by atoms with Crippen LogP contribution in [0.1, 0.15) is 0 Å². The maximum atomic E-state index is 11.1. The monoisotopic (exact) mass is 250 g/mol. The molecule has 0 aromatic rings. The van der Waals surface area contributed by atoms with Crippen LogP contribution in [-0.4, -0.2) is 29.7 Å². The van der Waals surface area contributed by atoms with E-state index in [4.69, 9.17) is 28.1 Å². The molecule has 0 aliphatic heterocycles. The van der Waals surface area contributed by atoms with Crippen LogP contribution in [0.2, 0.25) is 0 Å². The normalized spacial score (nSPS) is 11.9. The number of nitrogens with one attached hydrogen (secondary N) is 4. The van der Waals surface area contributed by atoms with Crippen molar-refractivity contribution in [3.8, 4) is 0 Å². The van der Waals surface area contributed by atoms with E-state index in [1.54, 1.807) is 0 Å². The fourth-order valence-corrected chi connectivity index (χ4v) is 1.35. The molecular formula is C4H13Cl2N4O2P. The lowest BCUT2D eigenvalue weighted by atomic mass is 10.8. The molecule has 0 amide bonds. The first-order chi connectivity index (χ1) is 6.12. The lowest BCUT2D eigenvalue weighted by molar-refractivity contribution is 0.422. The Kier molecular flexibility index (Phi) is 8.34. The summed E-state index contributed by atoms with van der Waals surface area (Å²) in [6.45, 7) is 0.784. The molecule has 0 unspecified atom stereocenters. The molecule has 0 fully saturated rings. The van der Waals surface area contributed by atoms with Crippen LogP contribution in [0.15, 0.2) is 0 Å². The highest BCUT2D eigenvalue weighted by Crippen LogP contribution is 2.25. The summed E-state index contributed by atoms with van der Waals surface area (Å²) in [6, 6.07) is 0. The van der Waals surface area contributed by atoms with Gasteiger partial charge in [-0.05, 0) is 0 Å². The highest BCUT2D eigenvalue weighted by Gasteiger charge is 2.14. The average Bonchev–Trinajstić information content (AvgIpc) is 2.05. The summed E-state index contributed by atoms with van der Waals surface area (Å²) in [5, 5.41) is 4.36. The van der Waals surface area contributed by atoms with Gasteiger partial charge in [-0.25, -0.2) is 10.9 Å². The Morgan fingerprint density at radius 2 is 1.46 bits per heavy atom. The van der Waals surface area contributed by atoms with E-state index in [1.165, 1.54) is 0 Å². The molecule has 0 aliphatic rings. The van der Waals surface area contributed by atoms with Crippen molar-refractivity contribution in [2.24, 2.45) is 0 Å². The van der Waals surface area contributed by atoms with Crippen molar-refractivity contribution in [2.45, 2.75) is 0 Å². The fraction of sp³-hybridized carbons (Fsp3) is 1.00. The van der Waals surface area contributed by atoms with Gasteiger partial charge in [-0.3, -0.25) is 4.57 Å². The van der Waals surface area contributed by atoms with Crippen molar-refractivity contribution in [1.82, 2.24) is 21.2 Å². The van der Waals surface area contributed by atoms with Gasteiger partial charge < -0.3 is 4.89 Å². The smallest absolute Gasteiger partial charge is 0.320 e. The van der Waals surface area contributed by atoms with Crippen LogP contribution in [0.3, 0.4) is 0 Å². The Labute approximate surface area is 86.9 Å². The molecule has 0 bridgehead atoms. The predicted octanol–water partition coefficient (Wildman–Crippen LogP) is -0.247. The molecule has 80 valence electrons. The van der Waals surface area contributed by atoms with Gasteiger partial charge in [-0.1, -0.05) is 0 Å². The van der Waals surface area contributed by atoms with E-state index in [9.17, 15) is 4.57 Å². The highest BCUT2D eigenvalue weighted by atomic mass is 35.5. The summed E-state index contributed by atoms with van der Waals surface area (Å²) in [5.41, 5.74) is 4.94. The number of hydrogen-bond acceptors (Lipinski definition) is 3. The summed E-state index contributed by atoms with van der Waals surface area (Å²) in [5.74, 6) is 0.699. The van der Waals surface area contributed by atoms with Gasteiger partial charge in [0.25, 0.3) is 0 Å². The summed E-state index contributed by atoms with van der Waals surface area (Å²) in [4.78, 5) is 9.09. The molecule has 0 spiro atoms. The molecule has 0 aliphatic carbocycles. The zero-order valence-corrected chi connectivity index (χ0v) is 9.29. The third-order valence-corrected chi connectivity index (χ3v) is 2.20. The van der Waals surface area contributed by atoms with Gasteiger partial charge >= 0.3 is 7.67 Å². The average molecular weight is 251 g/mol. The topological polar surface area (TPSA) is 85.4 Å². The van der Waals surface area contributed by atoms with E-state index < -0.39 is 7.67 Å². The molecule has 0 aromatic carbocycles. The molecule has 0 saturated heterocycles. The van der Waals surface area contributed by atoms with E-state index in [0.29, 0.717) is 24.8 Å². The van der Waals surface area contributed by atoms with Gasteiger partial charge in [0, 0.05) is 24.8 Å². The first-order valence-corrected chi connectivity index (χ1v) is 6.30. The van der Waals surface area contributed by atoms with Crippen LogP contribution in [-0.2, 0) is 4.57 Å². The summed E-state index contributed by atoms with van der Waals surface area (Å²) in [7, 11) is -3.59. The Morgan fingerprint density at radius 3 is 1.77 bits per heavy atom. The second-order valence-electron chi connectivity index (χ2n) is 2.03. The standard InChI is InChI=1S/C4H13Cl2N4O2P/c5-1-3-7-9-13(11,12)10-8-4-2-6/h7-8H,1-4H2,(H3,9,10,11,12). The minimum Gasteiger partial charge on any atom is -0.320 e. The summed E-state index contributed by atoms with van der Waals surface area (Å²) >= 11 is 10.7. The summed E-state index contributed by atoms with van der Waals surface area (Å²) < 4.78 is 11.1. The fourth-order valence-electron chi connectivity index (χ4n) is 0.449. The second-order valence-corrected chi connectivity index (χ2v) is 4.39. The van der Waals surface area contributed by atoms with E-state index in [-0.39, 0.29) is 0 Å². The number of halogens is 2. The molecule has 0 saturated carbocycles. The zero-order chi connectivity index (χ0) is 10.2. The SMILES string of the molecule is O=P(O)(NNCCCl)NNCCCl. The number of hydrogen-bond donors (Lipinski definition) is 5. The molecule has 0 radical (unpaired) electrons. The predicted molar refractivity (Wildman–Crippen MR) is 53.5 cm³/mol. The molecule has 9 heteroatoms. The largest absolute Gasteiger partial charge is 0.364 e. The van der Waals surface area contributed by atoms with Gasteiger partial charge in [-0.2, -0.15) is 10.4 Å². The van der Waals surface area contributed by atoms with Gasteiger partial charge in [-0.15, -0.1) is 23.2 Å². The summed E-state index contributed by atoms with van der Waals surface area (Å²) in [6.07, 6.45) is 0. The zero-order valence-electron chi connectivity index (χ0n) is 6.89. The van der Waals surface area contributed by atoms with Crippen molar-refractivity contribution in [3.05, 3.63) is 0 Å². The molecule has 0 rings (SSSR count). The van der Waals surface area contributed by atoms with Crippen molar-refractivity contribution in [3.63, 3.8) is 0 Å². The van der Waals surface area contributed by atoms with Gasteiger partial charge in [0.05, 0.1) is 0 Å². The van der Waals surface area contributed by atoms with Crippen molar-refractivity contribution >= 4 is 30.9 Å². The number of alkyl halides is 2. The number of hydrazine groups is 2. The Hall–Kier alpha value is 0.610. The van der Waals surface area contributed by atoms with Crippen molar-refractivity contribution < 1.29 is 9.46 Å². The first kappa shape index (κ1) is 13.6. The Morgan fingerprint density at radius 1 is 1.08 bits per heavy atom. The maximum absolute atomic E-state index is 11.1. The van der Waals surface area contributed by atoms with Crippen LogP contribution in [0.4, 0.5) is 0 Å². The van der Waals surface area contributed by atoms with Crippen molar-refractivity contribution in [2.75, 3.05) is 24.8 Å². The third-order valence-electron chi connectivity index (χ3n) is 0.900. The van der Waals surface area contributed by atoms with E-state index in [1.807, 2.05) is 0 Å². The van der Waals surface area contributed by atoms with E-state index in [2.05, 4.69) is 21.2 Å². The van der Waals surface area contributed by atoms with Crippen LogP contribution < -0.4 is 21.2 Å². The van der Waals surface area contributed by atoms with Crippen molar-refractivity contribution in [1.29, 1.82) is 0 Å². The molecule has 13 heavy (non-hydrogen) atoms. The first-order valence-electron chi connectivity index (χ1n) is 3.57. The minimum atomic E-state index is -3.59. The van der Waals surface area contributed by atoms with E-state index in [0.717, 1.165) is 0 Å². The quantitative estimate of drug-likeness (QED) is 0.177. The molecular weight excluding hydrogens is 238 g/mol. The van der Waals surface area contributed by atoms with Crippen LogP contribution in [0.5, 0.6) is 0 Å². The minimum absolute atomic E-state index is 0.349. The van der Waals surface area contributed by atoms with Crippen LogP contribution in [0.25, 0.3) is 0 Å². The molecule has 0 heterocycles. The van der Waals surface area contributed by atoms with Gasteiger partial charge in [0.2, 0.25) is 0 Å². The Bertz CT molecular complexity index is 158. The van der Waals surface area contributed by atoms with Gasteiger partial charge in [0.1, 0.15) is 0 Å². The lowest BCUT2D eigenvalue weighted by Crippen LogP contribution is -2.40. The molecule has 6 nitrogen and oxygen atoms in total. The highest BCUT2D eigenvalue weighted by molar-refractivity contribution is 7.53. The Balaban J connectivity index is 3.49. The van der Waals surface area contributed by atoms with Crippen LogP contribution >= 0.6 is 30.9 Å². The third kappa shape index (κ3) is 8.93. The molecule has 0 aromatic heterocycles. The number of rotatable bonds is 8. The lowest BCUT2D eigenvalue weighted by Gasteiger charge is -2.14. The molecule has 5 N–H and O–H groups in total.